The van der Waals surface area contributed by atoms with Gasteiger partial charge in [0.05, 0.1) is 0 Å². The normalized spacial score (nSPS) is 29.2. The summed E-state index contributed by atoms with van der Waals surface area (Å²) in [5, 5.41) is 0. The first-order valence-corrected chi connectivity index (χ1v) is 7.50. The summed E-state index contributed by atoms with van der Waals surface area (Å²) in [5.41, 5.74) is 5.97. The summed E-state index contributed by atoms with van der Waals surface area (Å²) in [6, 6.07) is 1.29. The maximum Gasteiger partial charge on any atom is 0.0111 e. The van der Waals surface area contributed by atoms with Crippen LogP contribution in [0.2, 0.25) is 0 Å². The summed E-state index contributed by atoms with van der Waals surface area (Å²) in [7, 11) is 0. The molecule has 1 atom stereocenters. The Morgan fingerprint density at radius 3 is 2.27 bits per heavy atom. The molecule has 2 heterocycles. The van der Waals surface area contributed by atoms with E-state index in [1.807, 2.05) is 0 Å². The predicted octanol–water partition coefficient (Wildman–Crippen LogP) is 1.94. The number of thioether (sulfide) groups is 1. The first kappa shape index (κ1) is 11.7. The number of nitrogens with two attached hydrogens (primary N) is 1. The van der Waals surface area contributed by atoms with Gasteiger partial charge < -0.3 is 10.6 Å². The Morgan fingerprint density at radius 2 is 1.73 bits per heavy atom. The van der Waals surface area contributed by atoms with Crippen LogP contribution >= 0.6 is 11.8 Å². The lowest BCUT2D eigenvalue weighted by molar-refractivity contribution is 0.118. The molecule has 15 heavy (non-hydrogen) atoms. The first-order chi connectivity index (χ1) is 7.27. The smallest absolute Gasteiger partial charge is 0.0111 e. The van der Waals surface area contributed by atoms with Gasteiger partial charge in [0.25, 0.3) is 0 Å². The summed E-state index contributed by atoms with van der Waals surface area (Å²) < 4.78 is 0. The van der Waals surface area contributed by atoms with E-state index in [1.165, 1.54) is 50.3 Å². The molecule has 0 aliphatic carbocycles. The zero-order valence-corrected chi connectivity index (χ0v) is 10.6. The average Bonchev–Trinajstić information content (AvgIpc) is 2.30. The molecule has 2 N–H and O–H groups in total. The van der Waals surface area contributed by atoms with E-state index in [0.717, 1.165) is 12.0 Å². The molecular formula is C12H24N2S. The van der Waals surface area contributed by atoms with Crippen LogP contribution < -0.4 is 5.73 Å². The largest absolute Gasteiger partial charge is 0.328 e. The average molecular weight is 228 g/mol. The molecule has 0 aromatic carbocycles. The molecule has 0 aromatic rings. The SMILES string of the molecule is CC(N)C1CCN(C2CCSCC2)CC1. The second-order valence-electron chi connectivity index (χ2n) is 5.08. The van der Waals surface area contributed by atoms with E-state index >= 15 is 0 Å². The Balaban J connectivity index is 1.77. The lowest BCUT2D eigenvalue weighted by Gasteiger charge is -2.40. The van der Waals surface area contributed by atoms with Crippen molar-refractivity contribution in [3.8, 4) is 0 Å². The third kappa shape index (κ3) is 3.11. The third-order valence-electron chi connectivity index (χ3n) is 4.02. The number of likely N-dealkylation sites (tertiary alicyclic amines) is 1. The van der Waals surface area contributed by atoms with Gasteiger partial charge in [-0.3, -0.25) is 0 Å². The van der Waals surface area contributed by atoms with Gasteiger partial charge in [-0.1, -0.05) is 0 Å². The fourth-order valence-electron chi connectivity index (χ4n) is 2.86. The van der Waals surface area contributed by atoms with Crippen molar-refractivity contribution in [2.75, 3.05) is 24.6 Å². The molecule has 2 nitrogen and oxygen atoms in total. The van der Waals surface area contributed by atoms with Gasteiger partial charge in [-0.2, -0.15) is 11.8 Å². The van der Waals surface area contributed by atoms with Crippen molar-refractivity contribution in [1.29, 1.82) is 0 Å². The molecule has 3 heteroatoms. The van der Waals surface area contributed by atoms with E-state index in [0.29, 0.717) is 6.04 Å². The van der Waals surface area contributed by atoms with Gasteiger partial charge in [0.15, 0.2) is 0 Å². The Kier molecular flexibility index (Phi) is 4.35. The topological polar surface area (TPSA) is 29.3 Å². The minimum absolute atomic E-state index is 0.397. The van der Waals surface area contributed by atoms with Gasteiger partial charge >= 0.3 is 0 Å². The van der Waals surface area contributed by atoms with Crippen LogP contribution in [0.15, 0.2) is 0 Å². The van der Waals surface area contributed by atoms with Crippen LogP contribution in [0, 0.1) is 5.92 Å². The molecule has 2 fully saturated rings. The number of rotatable bonds is 2. The Hall–Kier alpha value is 0.270. The zero-order chi connectivity index (χ0) is 10.7. The molecule has 0 bridgehead atoms. The maximum absolute atomic E-state index is 5.97. The zero-order valence-electron chi connectivity index (χ0n) is 9.82. The van der Waals surface area contributed by atoms with Crippen LogP contribution in [0.3, 0.4) is 0 Å². The summed E-state index contributed by atoms with van der Waals surface area (Å²) >= 11 is 2.12. The number of hydrogen-bond donors (Lipinski definition) is 1. The van der Waals surface area contributed by atoms with E-state index in [1.54, 1.807) is 0 Å². The molecule has 88 valence electrons. The lowest BCUT2D eigenvalue weighted by Crippen LogP contribution is -2.45. The number of piperidine rings is 1. The standard InChI is InChI=1S/C12H24N2S/c1-10(13)11-2-6-14(7-3-11)12-4-8-15-9-5-12/h10-12H,2-9,13H2,1H3. The summed E-state index contributed by atoms with van der Waals surface area (Å²) in [6.45, 7) is 4.75. The van der Waals surface area contributed by atoms with Gasteiger partial charge in [-0.25, -0.2) is 0 Å². The van der Waals surface area contributed by atoms with E-state index in [9.17, 15) is 0 Å². The van der Waals surface area contributed by atoms with Crippen LogP contribution in [0.5, 0.6) is 0 Å². The van der Waals surface area contributed by atoms with Crippen molar-refractivity contribution in [2.45, 2.75) is 44.7 Å². The van der Waals surface area contributed by atoms with Gasteiger partial charge in [0.2, 0.25) is 0 Å². The van der Waals surface area contributed by atoms with Crippen molar-refractivity contribution in [3.05, 3.63) is 0 Å². The van der Waals surface area contributed by atoms with Gasteiger partial charge in [-0.05, 0) is 63.1 Å². The fraction of sp³-hybridized carbons (Fsp3) is 1.00. The molecular weight excluding hydrogens is 204 g/mol. The maximum atomic E-state index is 5.97. The Morgan fingerprint density at radius 1 is 1.13 bits per heavy atom. The molecule has 2 rings (SSSR count). The predicted molar refractivity (Wildman–Crippen MR) is 68.3 cm³/mol. The lowest BCUT2D eigenvalue weighted by atomic mass is 9.90. The van der Waals surface area contributed by atoms with Crippen LogP contribution in [0.25, 0.3) is 0 Å². The molecule has 2 aliphatic heterocycles. The van der Waals surface area contributed by atoms with E-state index in [4.69, 9.17) is 5.73 Å². The molecule has 0 amide bonds. The van der Waals surface area contributed by atoms with E-state index in [-0.39, 0.29) is 0 Å². The van der Waals surface area contributed by atoms with Crippen LogP contribution in [-0.4, -0.2) is 41.6 Å². The van der Waals surface area contributed by atoms with Crippen molar-refractivity contribution in [2.24, 2.45) is 11.7 Å². The molecule has 0 spiro atoms. The number of hydrogen-bond acceptors (Lipinski definition) is 3. The van der Waals surface area contributed by atoms with Gasteiger partial charge in [0, 0.05) is 12.1 Å². The highest BCUT2D eigenvalue weighted by atomic mass is 32.2. The molecule has 2 aliphatic rings. The van der Waals surface area contributed by atoms with Crippen molar-refractivity contribution in [1.82, 2.24) is 4.90 Å². The second kappa shape index (κ2) is 5.55. The number of nitrogens with zero attached hydrogens (tertiary/aromatic N) is 1. The van der Waals surface area contributed by atoms with Crippen molar-refractivity contribution >= 4 is 11.8 Å². The molecule has 0 saturated carbocycles. The first-order valence-electron chi connectivity index (χ1n) is 6.35. The summed E-state index contributed by atoms with van der Waals surface area (Å²) in [5.74, 6) is 3.52. The van der Waals surface area contributed by atoms with Gasteiger partial charge in [0.1, 0.15) is 0 Å². The minimum Gasteiger partial charge on any atom is -0.328 e. The van der Waals surface area contributed by atoms with Crippen molar-refractivity contribution in [3.63, 3.8) is 0 Å². The van der Waals surface area contributed by atoms with Crippen LogP contribution in [-0.2, 0) is 0 Å². The van der Waals surface area contributed by atoms with Crippen molar-refractivity contribution < 1.29 is 0 Å². The Labute approximate surface area is 98.0 Å². The highest BCUT2D eigenvalue weighted by molar-refractivity contribution is 7.99. The third-order valence-corrected chi connectivity index (χ3v) is 5.07. The van der Waals surface area contributed by atoms with E-state index in [2.05, 4.69) is 23.6 Å². The quantitative estimate of drug-likeness (QED) is 0.783. The van der Waals surface area contributed by atoms with Gasteiger partial charge in [-0.15, -0.1) is 0 Å². The minimum atomic E-state index is 0.397. The molecule has 1 unspecified atom stereocenters. The highest BCUT2D eigenvalue weighted by Gasteiger charge is 2.27. The summed E-state index contributed by atoms with van der Waals surface area (Å²) in [4.78, 5) is 2.72. The molecule has 0 aromatic heterocycles. The Bertz CT molecular complexity index is 182. The van der Waals surface area contributed by atoms with Crippen LogP contribution in [0.4, 0.5) is 0 Å². The van der Waals surface area contributed by atoms with Crippen LogP contribution in [0.1, 0.15) is 32.6 Å². The molecule has 0 radical (unpaired) electrons. The highest BCUT2D eigenvalue weighted by Crippen LogP contribution is 2.27. The summed E-state index contributed by atoms with van der Waals surface area (Å²) in [6.07, 6.45) is 5.46. The second-order valence-corrected chi connectivity index (χ2v) is 6.30. The molecule has 2 saturated heterocycles. The monoisotopic (exact) mass is 228 g/mol. The van der Waals surface area contributed by atoms with E-state index < -0.39 is 0 Å². The fourth-order valence-corrected chi connectivity index (χ4v) is 3.94.